The summed E-state index contributed by atoms with van der Waals surface area (Å²) in [5.41, 5.74) is 5.97. The van der Waals surface area contributed by atoms with E-state index in [-0.39, 0.29) is 18.6 Å². The number of rotatable bonds is 6. The first-order chi connectivity index (χ1) is 9.67. The van der Waals surface area contributed by atoms with Crippen LogP contribution in [-0.2, 0) is 0 Å². The van der Waals surface area contributed by atoms with E-state index in [1.165, 1.54) is 11.3 Å². The minimum Gasteiger partial charge on any atom is -0.395 e. The van der Waals surface area contributed by atoms with Crippen LogP contribution in [0.4, 0.5) is 0 Å². The number of nitrogens with two attached hydrogens (primary N) is 1. The summed E-state index contributed by atoms with van der Waals surface area (Å²) in [5, 5.41) is 11.0. The maximum atomic E-state index is 12.5. The molecule has 0 aliphatic carbocycles. The van der Waals surface area contributed by atoms with Gasteiger partial charge in [-0.15, -0.1) is 11.3 Å². The number of nitrogens with zero attached hydrogens (tertiary/aromatic N) is 1. The zero-order valence-corrected chi connectivity index (χ0v) is 12.9. The second-order valence-corrected chi connectivity index (χ2v) is 5.31. The molecule has 5 heteroatoms. The molecular formula is C15H22N2O2S. The Morgan fingerprint density at radius 3 is 2.75 bits per heavy atom. The topological polar surface area (TPSA) is 66.6 Å². The molecule has 0 aliphatic rings. The van der Waals surface area contributed by atoms with Crippen LogP contribution in [0.15, 0.2) is 11.4 Å². The normalized spacial score (nSPS) is 10.2. The number of thiophene rings is 1. The molecule has 0 unspecified atom stereocenters. The zero-order chi connectivity index (χ0) is 15.0. The van der Waals surface area contributed by atoms with Crippen LogP contribution in [-0.4, -0.2) is 41.7 Å². The SMILES string of the molecule is CCC(CC)N(CCO)C(=O)c1csc(C#CCN)c1. The lowest BCUT2D eigenvalue weighted by Crippen LogP contribution is -2.41. The van der Waals surface area contributed by atoms with Crippen molar-refractivity contribution in [3.05, 3.63) is 21.9 Å². The van der Waals surface area contributed by atoms with Crippen molar-refractivity contribution in [3.8, 4) is 11.8 Å². The predicted molar refractivity (Wildman–Crippen MR) is 82.7 cm³/mol. The van der Waals surface area contributed by atoms with Crippen LogP contribution in [0, 0.1) is 11.8 Å². The third-order valence-corrected chi connectivity index (χ3v) is 3.99. The summed E-state index contributed by atoms with van der Waals surface area (Å²) < 4.78 is 0. The van der Waals surface area contributed by atoms with Gasteiger partial charge < -0.3 is 15.7 Å². The molecule has 1 aromatic heterocycles. The van der Waals surface area contributed by atoms with Crippen molar-refractivity contribution < 1.29 is 9.90 Å². The number of carbonyl (C=O) groups excluding carboxylic acids is 1. The highest BCUT2D eigenvalue weighted by atomic mass is 32.1. The predicted octanol–water partition coefficient (Wildman–Crippen LogP) is 1.68. The molecule has 0 aromatic carbocycles. The lowest BCUT2D eigenvalue weighted by atomic mass is 10.1. The Morgan fingerprint density at radius 2 is 2.20 bits per heavy atom. The molecule has 20 heavy (non-hydrogen) atoms. The van der Waals surface area contributed by atoms with Gasteiger partial charge in [0.25, 0.3) is 5.91 Å². The molecule has 0 saturated heterocycles. The van der Waals surface area contributed by atoms with Crippen molar-refractivity contribution in [2.75, 3.05) is 19.7 Å². The van der Waals surface area contributed by atoms with Crippen LogP contribution in [0.5, 0.6) is 0 Å². The van der Waals surface area contributed by atoms with Gasteiger partial charge >= 0.3 is 0 Å². The zero-order valence-electron chi connectivity index (χ0n) is 12.1. The lowest BCUT2D eigenvalue weighted by Gasteiger charge is -2.29. The van der Waals surface area contributed by atoms with Gasteiger partial charge in [0.1, 0.15) is 0 Å². The average molecular weight is 294 g/mol. The van der Waals surface area contributed by atoms with Crippen molar-refractivity contribution in [1.29, 1.82) is 0 Å². The van der Waals surface area contributed by atoms with Gasteiger partial charge in [0.2, 0.25) is 0 Å². The first-order valence-electron chi connectivity index (χ1n) is 6.87. The van der Waals surface area contributed by atoms with Crippen molar-refractivity contribution in [2.45, 2.75) is 32.7 Å². The number of hydrogen-bond acceptors (Lipinski definition) is 4. The summed E-state index contributed by atoms with van der Waals surface area (Å²) in [7, 11) is 0. The van der Waals surface area contributed by atoms with E-state index in [0.29, 0.717) is 18.7 Å². The van der Waals surface area contributed by atoms with Crippen LogP contribution in [0.1, 0.15) is 41.9 Å². The molecule has 0 atom stereocenters. The largest absolute Gasteiger partial charge is 0.395 e. The Kier molecular flexibility index (Phi) is 7.31. The average Bonchev–Trinajstić information content (AvgIpc) is 2.93. The lowest BCUT2D eigenvalue weighted by molar-refractivity contribution is 0.0623. The van der Waals surface area contributed by atoms with Gasteiger partial charge in [0.15, 0.2) is 0 Å². The number of hydrogen-bond donors (Lipinski definition) is 2. The highest BCUT2D eigenvalue weighted by molar-refractivity contribution is 7.10. The summed E-state index contributed by atoms with van der Waals surface area (Å²) in [4.78, 5) is 15.1. The second-order valence-electron chi connectivity index (χ2n) is 4.40. The highest BCUT2D eigenvalue weighted by Gasteiger charge is 2.22. The molecule has 1 aromatic rings. The summed E-state index contributed by atoms with van der Waals surface area (Å²) in [6.45, 7) is 4.76. The maximum absolute atomic E-state index is 12.5. The van der Waals surface area contributed by atoms with Crippen molar-refractivity contribution >= 4 is 17.2 Å². The molecular weight excluding hydrogens is 272 g/mol. The third-order valence-electron chi connectivity index (χ3n) is 3.15. The number of carbonyl (C=O) groups is 1. The van der Waals surface area contributed by atoms with E-state index in [9.17, 15) is 4.79 Å². The Morgan fingerprint density at radius 1 is 1.50 bits per heavy atom. The number of amides is 1. The number of aliphatic hydroxyl groups excluding tert-OH is 1. The molecule has 1 heterocycles. The second kappa shape index (κ2) is 8.75. The fraction of sp³-hybridized carbons (Fsp3) is 0.533. The van der Waals surface area contributed by atoms with Gasteiger partial charge in [-0.2, -0.15) is 0 Å². The van der Waals surface area contributed by atoms with Gasteiger partial charge in [0, 0.05) is 18.0 Å². The third kappa shape index (κ3) is 4.34. The summed E-state index contributed by atoms with van der Waals surface area (Å²) in [6.07, 6.45) is 1.76. The molecule has 1 rings (SSSR count). The Hall–Kier alpha value is -1.35. The van der Waals surface area contributed by atoms with Crippen molar-refractivity contribution in [1.82, 2.24) is 4.90 Å². The van der Waals surface area contributed by atoms with E-state index in [1.807, 2.05) is 5.38 Å². The van der Waals surface area contributed by atoms with Gasteiger partial charge in [-0.1, -0.05) is 25.7 Å². The Bertz CT molecular complexity index is 484. The van der Waals surface area contributed by atoms with Crippen molar-refractivity contribution in [2.24, 2.45) is 5.73 Å². The fourth-order valence-electron chi connectivity index (χ4n) is 2.11. The van der Waals surface area contributed by atoms with Crippen molar-refractivity contribution in [3.63, 3.8) is 0 Å². The summed E-state index contributed by atoms with van der Waals surface area (Å²) in [5.74, 6) is 5.67. The Labute approximate surface area is 124 Å². The molecule has 3 N–H and O–H groups in total. The first-order valence-corrected chi connectivity index (χ1v) is 7.75. The molecule has 0 bridgehead atoms. The van der Waals surface area contributed by atoms with Gasteiger partial charge in [-0.25, -0.2) is 0 Å². The van der Waals surface area contributed by atoms with Crippen LogP contribution in [0.3, 0.4) is 0 Å². The quantitative estimate of drug-likeness (QED) is 0.785. The maximum Gasteiger partial charge on any atom is 0.255 e. The van der Waals surface area contributed by atoms with Gasteiger partial charge in [-0.05, 0) is 18.9 Å². The van der Waals surface area contributed by atoms with Crippen LogP contribution >= 0.6 is 11.3 Å². The monoisotopic (exact) mass is 294 g/mol. The first kappa shape index (κ1) is 16.7. The van der Waals surface area contributed by atoms with E-state index in [1.54, 1.807) is 11.0 Å². The molecule has 0 radical (unpaired) electrons. The smallest absolute Gasteiger partial charge is 0.255 e. The minimum absolute atomic E-state index is 0.0216. The summed E-state index contributed by atoms with van der Waals surface area (Å²) in [6, 6.07) is 1.95. The van der Waals surface area contributed by atoms with Gasteiger partial charge in [-0.3, -0.25) is 4.79 Å². The van der Waals surface area contributed by atoms with E-state index in [0.717, 1.165) is 17.7 Å². The molecule has 110 valence electrons. The van der Waals surface area contributed by atoms with Crippen LogP contribution < -0.4 is 5.73 Å². The van der Waals surface area contributed by atoms with E-state index in [2.05, 4.69) is 25.7 Å². The van der Waals surface area contributed by atoms with Crippen LogP contribution in [0.25, 0.3) is 0 Å². The molecule has 0 fully saturated rings. The molecule has 0 saturated carbocycles. The fourth-order valence-corrected chi connectivity index (χ4v) is 2.85. The standard InChI is InChI=1S/C15H22N2O2S/c1-3-13(4-2)17(8-9-18)15(19)12-10-14(20-11-12)6-5-7-16/h10-11,13,18H,3-4,7-9,16H2,1-2H3. The van der Waals surface area contributed by atoms with Crippen LogP contribution in [0.2, 0.25) is 0 Å². The summed E-state index contributed by atoms with van der Waals surface area (Å²) >= 11 is 1.44. The number of aliphatic hydroxyl groups is 1. The molecule has 1 amide bonds. The van der Waals surface area contributed by atoms with E-state index in [4.69, 9.17) is 10.8 Å². The molecule has 4 nitrogen and oxygen atoms in total. The minimum atomic E-state index is -0.0372. The van der Waals surface area contributed by atoms with Gasteiger partial charge in [0.05, 0.1) is 23.6 Å². The molecule has 0 spiro atoms. The van der Waals surface area contributed by atoms with E-state index < -0.39 is 0 Å². The molecule has 0 aliphatic heterocycles. The highest BCUT2D eigenvalue weighted by Crippen LogP contribution is 2.18. The Balaban J connectivity index is 2.91. The van der Waals surface area contributed by atoms with E-state index >= 15 is 0 Å².